The molecule has 0 unspecified atom stereocenters. The van der Waals surface area contributed by atoms with E-state index in [1.165, 1.54) is 19.1 Å². The van der Waals surface area contributed by atoms with Crippen LogP contribution >= 0.6 is 0 Å². The van der Waals surface area contributed by atoms with Crippen molar-refractivity contribution in [2.24, 2.45) is 0 Å². The van der Waals surface area contributed by atoms with Crippen molar-refractivity contribution in [1.82, 2.24) is 10.3 Å². The number of carbonyl (C=O) groups excluding carboxylic acids is 1. The van der Waals surface area contributed by atoms with Gasteiger partial charge in [0.1, 0.15) is 11.4 Å². The van der Waals surface area contributed by atoms with Crippen LogP contribution < -0.4 is 5.32 Å². The van der Waals surface area contributed by atoms with Crippen molar-refractivity contribution in [3.63, 3.8) is 0 Å². The molecular weight excluding hydrogens is 257 g/mol. The van der Waals surface area contributed by atoms with Crippen LogP contribution in [0.3, 0.4) is 0 Å². The molecule has 0 aliphatic rings. The fraction of sp³-hybridized carbons (Fsp3) is 0.538. The van der Waals surface area contributed by atoms with E-state index in [9.17, 15) is 18.0 Å². The average molecular weight is 274 g/mol. The third kappa shape index (κ3) is 4.63. The first kappa shape index (κ1) is 15.6. The lowest BCUT2D eigenvalue weighted by Gasteiger charge is -2.19. The second-order valence-electron chi connectivity index (χ2n) is 5.39. The zero-order valence-electron chi connectivity index (χ0n) is 11.4. The highest BCUT2D eigenvalue weighted by Crippen LogP contribution is 2.30. The van der Waals surface area contributed by atoms with E-state index in [-0.39, 0.29) is 23.3 Å². The second-order valence-corrected chi connectivity index (χ2v) is 5.39. The summed E-state index contributed by atoms with van der Waals surface area (Å²) >= 11 is 0. The van der Waals surface area contributed by atoms with Crippen LogP contribution in [0.4, 0.5) is 13.2 Å². The van der Waals surface area contributed by atoms with Crippen LogP contribution in [0.15, 0.2) is 12.1 Å². The molecule has 0 radical (unpaired) electrons. The van der Waals surface area contributed by atoms with Crippen LogP contribution in [0, 0.1) is 6.92 Å². The maximum atomic E-state index is 12.7. The maximum absolute atomic E-state index is 12.7. The maximum Gasteiger partial charge on any atom is 0.433 e. The average Bonchev–Trinajstić information content (AvgIpc) is 2.24. The van der Waals surface area contributed by atoms with Gasteiger partial charge in [-0.05, 0) is 39.3 Å². The largest absolute Gasteiger partial charge is 0.433 e. The lowest BCUT2D eigenvalue weighted by atomic mass is 10.1. The third-order valence-corrected chi connectivity index (χ3v) is 2.43. The predicted octanol–water partition coefficient (Wildman–Crippen LogP) is 2.98. The molecule has 1 rings (SSSR count). The van der Waals surface area contributed by atoms with Crippen LogP contribution in [0.2, 0.25) is 0 Å². The molecule has 0 aliphatic heterocycles. The van der Waals surface area contributed by atoms with E-state index < -0.39 is 17.7 Å². The molecule has 1 N–H and O–H groups in total. The van der Waals surface area contributed by atoms with Crippen molar-refractivity contribution in [3.05, 3.63) is 29.1 Å². The minimum absolute atomic E-state index is 0.00725. The van der Waals surface area contributed by atoms with E-state index in [1.54, 1.807) is 0 Å². The Morgan fingerprint density at radius 1 is 1.26 bits per heavy atom. The Labute approximate surface area is 110 Å². The number of hydrogen-bond acceptors (Lipinski definition) is 3. The molecule has 3 nitrogen and oxygen atoms in total. The van der Waals surface area contributed by atoms with Crippen LogP contribution in [0.1, 0.15) is 42.5 Å². The first-order valence-corrected chi connectivity index (χ1v) is 5.84. The highest BCUT2D eigenvalue weighted by molar-refractivity contribution is 5.95. The van der Waals surface area contributed by atoms with E-state index >= 15 is 0 Å². The first-order valence-electron chi connectivity index (χ1n) is 5.84. The number of hydrogen-bond donors (Lipinski definition) is 1. The first-order chi connectivity index (χ1) is 8.50. The van der Waals surface area contributed by atoms with Crippen LogP contribution in [-0.2, 0) is 6.18 Å². The van der Waals surface area contributed by atoms with Crippen LogP contribution in [0.25, 0.3) is 0 Å². The summed E-state index contributed by atoms with van der Waals surface area (Å²) in [7, 11) is 0. The molecule has 1 aromatic rings. The van der Waals surface area contributed by atoms with E-state index in [0.717, 1.165) is 0 Å². The van der Waals surface area contributed by atoms with Crippen molar-refractivity contribution in [2.45, 2.75) is 39.4 Å². The number of aryl methyl sites for hydroxylation is 1. The van der Waals surface area contributed by atoms with Gasteiger partial charge >= 0.3 is 6.18 Å². The Kier molecular flexibility index (Phi) is 4.35. The van der Waals surface area contributed by atoms with E-state index in [1.807, 2.05) is 20.8 Å². The standard InChI is InChI=1S/C13H17F3N2O/c1-8-5-6-9(18-11(8)13(14,15)16)10(19)7-17-12(2,3)4/h5-6,17H,7H2,1-4H3. The fourth-order valence-corrected chi connectivity index (χ4v) is 1.41. The summed E-state index contributed by atoms with van der Waals surface area (Å²) < 4.78 is 38.0. The second kappa shape index (κ2) is 5.28. The van der Waals surface area contributed by atoms with Crippen molar-refractivity contribution in [1.29, 1.82) is 0 Å². The number of nitrogens with one attached hydrogen (secondary N) is 1. The Morgan fingerprint density at radius 3 is 2.32 bits per heavy atom. The number of nitrogens with zero attached hydrogens (tertiary/aromatic N) is 1. The van der Waals surface area contributed by atoms with Gasteiger partial charge in [0.15, 0.2) is 5.78 Å². The summed E-state index contributed by atoms with van der Waals surface area (Å²) in [6.07, 6.45) is -4.54. The van der Waals surface area contributed by atoms with Crippen molar-refractivity contribution < 1.29 is 18.0 Å². The Bertz CT molecular complexity index is 476. The number of Topliss-reactive ketones (excluding diaryl/α,β-unsaturated/α-hetero) is 1. The smallest absolute Gasteiger partial charge is 0.305 e. The van der Waals surface area contributed by atoms with E-state index in [2.05, 4.69) is 10.3 Å². The molecule has 19 heavy (non-hydrogen) atoms. The fourth-order valence-electron chi connectivity index (χ4n) is 1.41. The van der Waals surface area contributed by atoms with Gasteiger partial charge in [-0.2, -0.15) is 13.2 Å². The van der Waals surface area contributed by atoms with Crippen molar-refractivity contribution in [3.8, 4) is 0 Å². The lowest BCUT2D eigenvalue weighted by molar-refractivity contribution is -0.141. The molecular formula is C13H17F3N2O. The van der Waals surface area contributed by atoms with E-state index in [4.69, 9.17) is 0 Å². The minimum Gasteiger partial charge on any atom is -0.305 e. The molecule has 0 amide bonds. The minimum atomic E-state index is -4.54. The molecule has 0 bridgehead atoms. The van der Waals surface area contributed by atoms with Crippen LogP contribution in [-0.4, -0.2) is 22.9 Å². The number of alkyl halides is 3. The molecule has 0 fully saturated rings. The Balaban J connectivity index is 2.94. The molecule has 1 aromatic heterocycles. The quantitative estimate of drug-likeness (QED) is 0.862. The Hall–Kier alpha value is -1.43. The molecule has 0 aliphatic carbocycles. The number of ketones is 1. The molecule has 0 aromatic carbocycles. The summed E-state index contributed by atoms with van der Waals surface area (Å²) in [5.74, 6) is -0.458. The molecule has 0 atom stereocenters. The van der Waals surface area contributed by atoms with Gasteiger partial charge in [0.05, 0.1) is 6.54 Å². The number of halogens is 3. The number of carbonyl (C=O) groups is 1. The lowest BCUT2D eigenvalue weighted by Crippen LogP contribution is -2.39. The van der Waals surface area contributed by atoms with Crippen LogP contribution in [0.5, 0.6) is 0 Å². The Morgan fingerprint density at radius 2 is 1.84 bits per heavy atom. The summed E-state index contributed by atoms with van der Waals surface area (Å²) in [5.41, 5.74) is -1.45. The van der Waals surface area contributed by atoms with Gasteiger partial charge in [-0.3, -0.25) is 4.79 Å². The molecule has 0 spiro atoms. The van der Waals surface area contributed by atoms with Crippen molar-refractivity contribution >= 4 is 5.78 Å². The monoisotopic (exact) mass is 274 g/mol. The van der Waals surface area contributed by atoms with Gasteiger partial charge in [-0.25, -0.2) is 4.98 Å². The topological polar surface area (TPSA) is 42.0 Å². The zero-order valence-corrected chi connectivity index (χ0v) is 11.4. The van der Waals surface area contributed by atoms with Crippen molar-refractivity contribution in [2.75, 3.05) is 6.54 Å². The van der Waals surface area contributed by atoms with Gasteiger partial charge in [0.25, 0.3) is 0 Å². The van der Waals surface area contributed by atoms with Gasteiger partial charge in [-0.15, -0.1) is 0 Å². The SMILES string of the molecule is Cc1ccc(C(=O)CNC(C)(C)C)nc1C(F)(F)F. The van der Waals surface area contributed by atoms with Gasteiger partial charge in [0.2, 0.25) is 0 Å². The van der Waals surface area contributed by atoms with Gasteiger partial charge in [-0.1, -0.05) is 6.07 Å². The third-order valence-electron chi connectivity index (χ3n) is 2.43. The van der Waals surface area contributed by atoms with E-state index in [0.29, 0.717) is 0 Å². The molecule has 106 valence electrons. The zero-order chi connectivity index (χ0) is 14.8. The summed E-state index contributed by atoms with van der Waals surface area (Å²) in [5, 5.41) is 2.92. The summed E-state index contributed by atoms with van der Waals surface area (Å²) in [6, 6.07) is 2.58. The number of pyridine rings is 1. The summed E-state index contributed by atoms with van der Waals surface area (Å²) in [4.78, 5) is 15.2. The highest BCUT2D eigenvalue weighted by atomic mass is 19.4. The van der Waals surface area contributed by atoms with Gasteiger partial charge < -0.3 is 5.32 Å². The highest BCUT2D eigenvalue weighted by Gasteiger charge is 2.35. The molecule has 0 saturated heterocycles. The molecule has 6 heteroatoms. The van der Waals surface area contributed by atoms with Gasteiger partial charge in [0, 0.05) is 5.54 Å². The predicted molar refractivity (Wildman–Crippen MR) is 66.1 cm³/mol. The molecule has 0 saturated carbocycles. The number of rotatable bonds is 3. The normalized spacial score (nSPS) is 12.6. The summed E-state index contributed by atoms with van der Waals surface area (Å²) in [6.45, 7) is 6.87. The molecule has 1 heterocycles. The number of aromatic nitrogens is 1.